The number of nitrogens with zero attached hydrogens (tertiary/aromatic N) is 4. The molecule has 2 aromatic heterocycles. The number of anilines is 1. The molecule has 1 aliphatic rings. The predicted octanol–water partition coefficient (Wildman–Crippen LogP) is -0.384. The monoisotopic (exact) mass is 323 g/mol. The Morgan fingerprint density at radius 2 is 2.30 bits per heavy atom. The van der Waals surface area contributed by atoms with Gasteiger partial charge in [0.25, 0.3) is 0 Å². The van der Waals surface area contributed by atoms with Crippen molar-refractivity contribution in [3.8, 4) is 0 Å². The Balaban J connectivity index is 2.14. The van der Waals surface area contributed by atoms with E-state index in [2.05, 4.69) is 9.97 Å². The molecule has 23 heavy (non-hydrogen) atoms. The molecule has 3 heterocycles. The fourth-order valence-corrected chi connectivity index (χ4v) is 2.91. The van der Waals surface area contributed by atoms with Crippen LogP contribution in [0.25, 0.3) is 11.2 Å². The van der Waals surface area contributed by atoms with Crippen LogP contribution in [0, 0.1) is 0 Å². The minimum atomic E-state index is -0.897. The molecule has 0 aromatic carbocycles. The number of nitrogens with two attached hydrogens (primary N) is 1. The third kappa shape index (κ3) is 2.71. The third-order valence-corrected chi connectivity index (χ3v) is 4.08. The minimum absolute atomic E-state index is 0.0464. The van der Waals surface area contributed by atoms with Crippen molar-refractivity contribution in [3.63, 3.8) is 0 Å². The molecule has 126 valence electrons. The highest BCUT2D eigenvalue weighted by molar-refractivity contribution is 5.71. The number of nitrogen functional groups attached to an aromatic ring is 1. The third-order valence-electron chi connectivity index (χ3n) is 4.08. The van der Waals surface area contributed by atoms with Crippen LogP contribution < -0.4 is 11.4 Å². The van der Waals surface area contributed by atoms with Crippen LogP contribution in [-0.2, 0) is 11.3 Å². The number of aryl methyl sites for hydroxylation is 1. The summed E-state index contributed by atoms with van der Waals surface area (Å²) in [6.45, 7) is 2.35. The molecule has 1 aliphatic heterocycles. The van der Waals surface area contributed by atoms with Gasteiger partial charge < -0.3 is 20.7 Å². The fourth-order valence-electron chi connectivity index (χ4n) is 2.91. The number of hydrogen-bond donors (Lipinski definition) is 3. The predicted molar refractivity (Wildman–Crippen MR) is 82.7 cm³/mol. The summed E-state index contributed by atoms with van der Waals surface area (Å²) in [6.07, 6.45) is 1.24. The molecule has 0 aliphatic carbocycles. The molecule has 1 fully saturated rings. The summed E-state index contributed by atoms with van der Waals surface area (Å²) in [5, 5.41) is 19.4. The van der Waals surface area contributed by atoms with Gasteiger partial charge in [0.1, 0.15) is 11.6 Å². The van der Waals surface area contributed by atoms with Crippen molar-refractivity contribution >= 4 is 17.1 Å². The SMILES string of the molecule is CCCCn1c(=O)n([C@@H]2O[C@H](CO)C[C@H]2O)c2nc(N)ncc21. The number of ether oxygens (including phenoxy) is 1. The number of aromatic nitrogens is 4. The van der Waals surface area contributed by atoms with E-state index in [1.807, 2.05) is 6.92 Å². The lowest BCUT2D eigenvalue weighted by molar-refractivity contribution is -0.0505. The van der Waals surface area contributed by atoms with Crippen LogP contribution >= 0.6 is 0 Å². The summed E-state index contributed by atoms with van der Waals surface area (Å²) in [4.78, 5) is 20.9. The normalized spacial score (nSPS) is 24.6. The number of imidazole rings is 1. The van der Waals surface area contributed by atoms with E-state index in [9.17, 15) is 15.0 Å². The first kappa shape index (κ1) is 15.9. The molecule has 0 unspecified atom stereocenters. The Morgan fingerprint density at radius 1 is 1.52 bits per heavy atom. The van der Waals surface area contributed by atoms with E-state index in [-0.39, 0.29) is 24.7 Å². The molecule has 2 aromatic rings. The lowest BCUT2D eigenvalue weighted by Gasteiger charge is -2.15. The second kappa shape index (κ2) is 6.26. The van der Waals surface area contributed by atoms with E-state index in [1.165, 1.54) is 10.8 Å². The van der Waals surface area contributed by atoms with E-state index in [4.69, 9.17) is 10.5 Å². The number of unbranched alkanes of at least 4 members (excludes halogenated alkanes) is 1. The molecule has 4 N–H and O–H groups in total. The molecular weight excluding hydrogens is 302 g/mol. The topological polar surface area (TPSA) is 128 Å². The summed E-state index contributed by atoms with van der Waals surface area (Å²) in [5.41, 5.74) is 6.22. The zero-order valence-corrected chi connectivity index (χ0v) is 12.9. The number of fused-ring (bicyclic) bond motifs is 1. The highest BCUT2D eigenvalue weighted by Gasteiger charge is 2.37. The second-order valence-corrected chi connectivity index (χ2v) is 5.73. The second-order valence-electron chi connectivity index (χ2n) is 5.73. The van der Waals surface area contributed by atoms with Crippen LogP contribution in [0.1, 0.15) is 32.4 Å². The molecule has 0 saturated carbocycles. The minimum Gasteiger partial charge on any atom is -0.394 e. The molecule has 0 radical (unpaired) electrons. The van der Waals surface area contributed by atoms with Gasteiger partial charge in [-0.25, -0.2) is 14.3 Å². The quantitative estimate of drug-likeness (QED) is 0.684. The van der Waals surface area contributed by atoms with Gasteiger partial charge in [-0.15, -0.1) is 0 Å². The fraction of sp³-hybridized carbons (Fsp3) is 0.643. The Labute approximate surface area is 132 Å². The smallest absolute Gasteiger partial charge is 0.332 e. The van der Waals surface area contributed by atoms with Crippen molar-refractivity contribution < 1.29 is 14.9 Å². The van der Waals surface area contributed by atoms with Gasteiger partial charge in [0.05, 0.1) is 18.9 Å². The average Bonchev–Trinajstić information content (AvgIpc) is 3.02. The number of hydrogen-bond acceptors (Lipinski definition) is 7. The molecular formula is C14H21N5O4. The van der Waals surface area contributed by atoms with Crippen molar-refractivity contribution in [1.29, 1.82) is 0 Å². The van der Waals surface area contributed by atoms with E-state index < -0.39 is 18.4 Å². The first-order valence-electron chi connectivity index (χ1n) is 7.74. The summed E-state index contributed by atoms with van der Waals surface area (Å²) in [6, 6.07) is 0. The van der Waals surface area contributed by atoms with Gasteiger partial charge in [-0.1, -0.05) is 13.3 Å². The molecule has 0 bridgehead atoms. The summed E-state index contributed by atoms with van der Waals surface area (Å²) < 4.78 is 8.48. The molecule has 0 spiro atoms. The van der Waals surface area contributed by atoms with Crippen LogP contribution in [0.2, 0.25) is 0 Å². The van der Waals surface area contributed by atoms with Crippen LogP contribution in [0.3, 0.4) is 0 Å². The van der Waals surface area contributed by atoms with Gasteiger partial charge in [-0.3, -0.25) is 4.57 Å². The van der Waals surface area contributed by atoms with E-state index >= 15 is 0 Å². The van der Waals surface area contributed by atoms with Gasteiger partial charge in [-0.05, 0) is 6.42 Å². The zero-order chi connectivity index (χ0) is 16.6. The lowest BCUT2D eigenvalue weighted by Crippen LogP contribution is -2.32. The van der Waals surface area contributed by atoms with Gasteiger partial charge in [0, 0.05) is 13.0 Å². The maximum absolute atomic E-state index is 12.8. The van der Waals surface area contributed by atoms with Crippen molar-refractivity contribution in [2.24, 2.45) is 0 Å². The Hall–Kier alpha value is -1.97. The van der Waals surface area contributed by atoms with Crippen LogP contribution in [0.4, 0.5) is 5.95 Å². The molecule has 9 nitrogen and oxygen atoms in total. The first-order chi connectivity index (χ1) is 11.1. The molecule has 1 saturated heterocycles. The van der Waals surface area contributed by atoms with Crippen molar-refractivity contribution in [1.82, 2.24) is 19.1 Å². The van der Waals surface area contributed by atoms with Crippen LogP contribution in [0.15, 0.2) is 11.0 Å². The Bertz CT molecular complexity index is 755. The molecule has 3 atom stereocenters. The standard InChI is InChI=1S/C14H21N5O4/c1-2-3-4-18-9-6-16-13(15)17-11(9)19(14(18)22)12-10(21)5-8(7-20)23-12/h6,8,10,12,20-21H,2-5,7H2,1H3,(H2,15,16,17)/t8-,10+,12+/m0/s1. The van der Waals surface area contributed by atoms with Crippen molar-refractivity contribution in [3.05, 3.63) is 16.7 Å². The maximum Gasteiger partial charge on any atom is 0.332 e. The molecule has 9 heteroatoms. The summed E-state index contributed by atoms with van der Waals surface area (Å²) in [5.74, 6) is 0.0464. The number of aliphatic hydroxyl groups is 2. The first-order valence-corrected chi connectivity index (χ1v) is 7.74. The van der Waals surface area contributed by atoms with Gasteiger partial charge in [-0.2, -0.15) is 4.98 Å². The van der Waals surface area contributed by atoms with Gasteiger partial charge in [0.2, 0.25) is 5.95 Å². The highest BCUT2D eigenvalue weighted by atomic mass is 16.5. The molecule has 3 rings (SSSR count). The largest absolute Gasteiger partial charge is 0.394 e. The lowest BCUT2D eigenvalue weighted by atomic mass is 10.2. The van der Waals surface area contributed by atoms with Gasteiger partial charge >= 0.3 is 5.69 Å². The van der Waals surface area contributed by atoms with Crippen LogP contribution in [0.5, 0.6) is 0 Å². The van der Waals surface area contributed by atoms with Crippen molar-refractivity contribution in [2.75, 3.05) is 12.3 Å². The maximum atomic E-state index is 12.8. The Kier molecular flexibility index (Phi) is 4.33. The van der Waals surface area contributed by atoms with Crippen molar-refractivity contribution in [2.45, 2.75) is 51.2 Å². The highest BCUT2D eigenvalue weighted by Crippen LogP contribution is 2.30. The molecule has 0 amide bonds. The zero-order valence-electron chi connectivity index (χ0n) is 12.9. The van der Waals surface area contributed by atoms with Crippen LogP contribution in [-0.4, -0.2) is 48.1 Å². The van der Waals surface area contributed by atoms with E-state index in [0.717, 1.165) is 12.8 Å². The van der Waals surface area contributed by atoms with E-state index in [1.54, 1.807) is 4.57 Å². The van der Waals surface area contributed by atoms with E-state index in [0.29, 0.717) is 17.7 Å². The number of aliphatic hydroxyl groups excluding tert-OH is 2. The summed E-state index contributed by atoms with van der Waals surface area (Å²) >= 11 is 0. The Morgan fingerprint density at radius 3 is 2.96 bits per heavy atom. The number of rotatable bonds is 5. The van der Waals surface area contributed by atoms with Gasteiger partial charge in [0.15, 0.2) is 11.9 Å². The summed E-state index contributed by atoms with van der Waals surface area (Å²) in [7, 11) is 0. The average molecular weight is 323 g/mol.